The Balaban J connectivity index is 1.79. The molecule has 1 aromatic rings. The van der Waals surface area contributed by atoms with Gasteiger partial charge in [0.2, 0.25) is 5.88 Å². The summed E-state index contributed by atoms with van der Waals surface area (Å²) in [7, 11) is 0. The van der Waals surface area contributed by atoms with Gasteiger partial charge in [0.05, 0.1) is 13.2 Å². The number of nitrogens with zero attached hydrogens (tertiary/aromatic N) is 1. The fourth-order valence-corrected chi connectivity index (χ4v) is 1.09. The van der Waals surface area contributed by atoms with Crippen LogP contribution in [0.5, 0.6) is 5.88 Å². The van der Waals surface area contributed by atoms with Crippen LogP contribution in [0.15, 0.2) is 24.4 Å². The van der Waals surface area contributed by atoms with E-state index in [9.17, 15) is 0 Å². The third kappa shape index (κ3) is 2.40. The third-order valence-electron chi connectivity index (χ3n) is 1.70. The molecule has 1 aromatic heterocycles. The second-order valence-electron chi connectivity index (χ2n) is 2.65. The summed E-state index contributed by atoms with van der Waals surface area (Å²) < 4.78 is 15.7. The molecule has 13 heavy (non-hydrogen) atoms. The average molecular weight is 181 g/mol. The Bertz CT molecular complexity index is 246. The summed E-state index contributed by atoms with van der Waals surface area (Å²) in [6.45, 7) is 1.70. The van der Waals surface area contributed by atoms with E-state index in [2.05, 4.69) is 4.98 Å². The molecule has 0 N–H and O–H groups in total. The van der Waals surface area contributed by atoms with Gasteiger partial charge in [0.15, 0.2) is 6.29 Å². The van der Waals surface area contributed by atoms with Crippen molar-refractivity contribution in [1.29, 1.82) is 0 Å². The normalized spacial score (nSPS) is 17.5. The molecule has 0 bridgehead atoms. The zero-order chi connectivity index (χ0) is 8.93. The lowest BCUT2D eigenvalue weighted by Crippen LogP contribution is -2.18. The second kappa shape index (κ2) is 4.20. The number of ether oxygens (including phenoxy) is 3. The molecule has 2 heterocycles. The molecule has 0 aliphatic carbocycles. The van der Waals surface area contributed by atoms with Crippen LogP contribution in [-0.2, 0) is 9.47 Å². The Labute approximate surface area is 76.4 Å². The smallest absolute Gasteiger partial charge is 0.213 e. The number of hydrogen-bond acceptors (Lipinski definition) is 4. The average Bonchev–Trinajstić information content (AvgIpc) is 2.69. The molecular formula is C9H11NO3. The number of rotatable bonds is 3. The standard InChI is InChI=1S/C9H11NO3/c1-2-4-10-8(3-1)13-7-9-11-5-6-12-9/h1-4,9H,5-7H2. The Morgan fingerprint density at radius 3 is 2.92 bits per heavy atom. The van der Waals surface area contributed by atoms with Crippen molar-refractivity contribution in [3.05, 3.63) is 24.4 Å². The highest BCUT2D eigenvalue weighted by Gasteiger charge is 2.16. The van der Waals surface area contributed by atoms with Crippen molar-refractivity contribution in [2.24, 2.45) is 0 Å². The van der Waals surface area contributed by atoms with Gasteiger partial charge in [0.1, 0.15) is 6.61 Å². The van der Waals surface area contributed by atoms with Crippen LogP contribution in [0, 0.1) is 0 Å². The Hall–Kier alpha value is -1.13. The zero-order valence-corrected chi connectivity index (χ0v) is 7.18. The molecule has 70 valence electrons. The summed E-state index contributed by atoms with van der Waals surface area (Å²) >= 11 is 0. The first-order valence-corrected chi connectivity index (χ1v) is 4.22. The molecule has 0 radical (unpaired) electrons. The summed E-state index contributed by atoms with van der Waals surface area (Å²) in [5, 5.41) is 0. The Kier molecular flexibility index (Phi) is 2.74. The molecule has 0 amide bonds. The first-order valence-electron chi connectivity index (χ1n) is 4.22. The fraction of sp³-hybridized carbons (Fsp3) is 0.444. The molecular weight excluding hydrogens is 170 g/mol. The van der Waals surface area contributed by atoms with Crippen molar-refractivity contribution >= 4 is 0 Å². The first-order chi connectivity index (χ1) is 6.45. The van der Waals surface area contributed by atoms with E-state index >= 15 is 0 Å². The maximum absolute atomic E-state index is 5.33. The quantitative estimate of drug-likeness (QED) is 0.692. The predicted octanol–water partition coefficient (Wildman–Crippen LogP) is 0.833. The van der Waals surface area contributed by atoms with E-state index in [1.807, 2.05) is 12.1 Å². The molecule has 1 saturated heterocycles. The van der Waals surface area contributed by atoms with Crippen LogP contribution in [0.2, 0.25) is 0 Å². The first kappa shape index (κ1) is 8.47. The molecule has 0 saturated carbocycles. The van der Waals surface area contributed by atoms with Gasteiger partial charge in [0, 0.05) is 12.3 Å². The van der Waals surface area contributed by atoms with E-state index in [0.29, 0.717) is 25.7 Å². The van der Waals surface area contributed by atoms with Gasteiger partial charge in [-0.3, -0.25) is 0 Å². The maximum atomic E-state index is 5.33. The van der Waals surface area contributed by atoms with E-state index in [1.165, 1.54) is 0 Å². The zero-order valence-electron chi connectivity index (χ0n) is 7.18. The van der Waals surface area contributed by atoms with Crippen LogP contribution in [0.25, 0.3) is 0 Å². The van der Waals surface area contributed by atoms with E-state index in [4.69, 9.17) is 14.2 Å². The van der Waals surface area contributed by atoms with Crippen molar-refractivity contribution in [2.75, 3.05) is 19.8 Å². The van der Waals surface area contributed by atoms with Crippen LogP contribution in [0.1, 0.15) is 0 Å². The summed E-state index contributed by atoms with van der Waals surface area (Å²) in [6.07, 6.45) is 1.45. The van der Waals surface area contributed by atoms with Crippen LogP contribution in [0.4, 0.5) is 0 Å². The minimum absolute atomic E-state index is 0.234. The molecule has 4 nitrogen and oxygen atoms in total. The highest BCUT2D eigenvalue weighted by molar-refractivity contribution is 5.08. The summed E-state index contributed by atoms with van der Waals surface area (Å²) in [5.41, 5.74) is 0. The van der Waals surface area contributed by atoms with Crippen LogP contribution in [-0.4, -0.2) is 31.1 Å². The van der Waals surface area contributed by atoms with Gasteiger partial charge in [-0.1, -0.05) is 6.07 Å². The Morgan fingerprint density at radius 2 is 2.23 bits per heavy atom. The van der Waals surface area contributed by atoms with Gasteiger partial charge < -0.3 is 14.2 Å². The van der Waals surface area contributed by atoms with Gasteiger partial charge in [-0.15, -0.1) is 0 Å². The van der Waals surface area contributed by atoms with E-state index in [-0.39, 0.29) is 6.29 Å². The molecule has 0 atom stereocenters. The van der Waals surface area contributed by atoms with Gasteiger partial charge in [-0.25, -0.2) is 4.98 Å². The fourth-order valence-electron chi connectivity index (χ4n) is 1.09. The van der Waals surface area contributed by atoms with E-state index in [0.717, 1.165) is 0 Å². The van der Waals surface area contributed by atoms with Gasteiger partial charge in [-0.05, 0) is 6.07 Å². The second-order valence-corrected chi connectivity index (χ2v) is 2.65. The molecule has 0 aromatic carbocycles. The molecule has 2 rings (SSSR count). The van der Waals surface area contributed by atoms with Crippen LogP contribution < -0.4 is 4.74 Å². The molecule has 4 heteroatoms. The summed E-state index contributed by atoms with van der Waals surface area (Å²) in [6, 6.07) is 5.52. The number of pyridine rings is 1. The molecule has 0 unspecified atom stereocenters. The predicted molar refractivity (Wildman–Crippen MR) is 45.4 cm³/mol. The number of aromatic nitrogens is 1. The lowest BCUT2D eigenvalue weighted by molar-refractivity contribution is -0.0691. The van der Waals surface area contributed by atoms with E-state index < -0.39 is 0 Å². The monoisotopic (exact) mass is 181 g/mol. The van der Waals surface area contributed by atoms with Crippen LogP contribution in [0.3, 0.4) is 0 Å². The Morgan fingerprint density at radius 1 is 1.38 bits per heavy atom. The minimum atomic E-state index is -0.234. The molecule has 0 spiro atoms. The third-order valence-corrected chi connectivity index (χ3v) is 1.70. The summed E-state index contributed by atoms with van der Waals surface area (Å²) in [4.78, 5) is 4.01. The molecule has 1 fully saturated rings. The SMILES string of the molecule is c1ccc(OCC2OCCO2)nc1. The number of hydrogen-bond donors (Lipinski definition) is 0. The maximum Gasteiger partial charge on any atom is 0.213 e. The lowest BCUT2D eigenvalue weighted by Gasteiger charge is -2.09. The van der Waals surface area contributed by atoms with Crippen LogP contribution >= 0.6 is 0 Å². The van der Waals surface area contributed by atoms with E-state index in [1.54, 1.807) is 12.3 Å². The van der Waals surface area contributed by atoms with Crippen molar-refractivity contribution in [3.8, 4) is 5.88 Å². The largest absolute Gasteiger partial charge is 0.472 e. The van der Waals surface area contributed by atoms with Gasteiger partial charge >= 0.3 is 0 Å². The summed E-state index contributed by atoms with van der Waals surface area (Å²) in [5.74, 6) is 0.599. The topological polar surface area (TPSA) is 40.6 Å². The highest BCUT2D eigenvalue weighted by Crippen LogP contribution is 2.08. The van der Waals surface area contributed by atoms with Crippen molar-refractivity contribution < 1.29 is 14.2 Å². The van der Waals surface area contributed by atoms with Crippen molar-refractivity contribution in [2.45, 2.75) is 6.29 Å². The van der Waals surface area contributed by atoms with Gasteiger partial charge in [-0.2, -0.15) is 0 Å². The van der Waals surface area contributed by atoms with Crippen molar-refractivity contribution in [3.63, 3.8) is 0 Å². The molecule has 1 aliphatic heterocycles. The van der Waals surface area contributed by atoms with Crippen molar-refractivity contribution in [1.82, 2.24) is 4.98 Å². The minimum Gasteiger partial charge on any atom is -0.472 e. The molecule has 1 aliphatic rings. The highest BCUT2D eigenvalue weighted by atomic mass is 16.7. The lowest BCUT2D eigenvalue weighted by atomic mass is 10.5. The van der Waals surface area contributed by atoms with Gasteiger partial charge in [0.25, 0.3) is 0 Å².